The van der Waals surface area contributed by atoms with Crippen LogP contribution in [0.4, 0.5) is 8.78 Å². The fourth-order valence-corrected chi connectivity index (χ4v) is 1.95. The van der Waals surface area contributed by atoms with E-state index in [2.05, 4.69) is 9.80 Å². The largest absolute Gasteiger partial charge is 0.329 e. The van der Waals surface area contributed by atoms with E-state index in [0.29, 0.717) is 6.54 Å². The van der Waals surface area contributed by atoms with Gasteiger partial charge in [-0.1, -0.05) is 24.3 Å². The molecule has 0 aliphatic carbocycles. The summed E-state index contributed by atoms with van der Waals surface area (Å²) >= 11 is 0. The van der Waals surface area contributed by atoms with Crippen LogP contribution in [0.15, 0.2) is 24.3 Å². The van der Waals surface area contributed by atoms with Crippen molar-refractivity contribution in [2.45, 2.75) is 12.5 Å². The van der Waals surface area contributed by atoms with Gasteiger partial charge in [0.25, 0.3) is 6.43 Å². The molecule has 1 rings (SSSR count). The Morgan fingerprint density at radius 3 is 1.95 bits per heavy atom. The standard InChI is InChI=1S/C14H23F2N3/c1-18(2)8-9-19(3)13(10-17)11-4-6-12(7-5-11)14(15)16/h4-7,13-14H,8-10,17H2,1-3H3. The van der Waals surface area contributed by atoms with Crippen LogP contribution in [0.1, 0.15) is 23.6 Å². The Kier molecular flexibility index (Phi) is 6.34. The number of hydrogen-bond acceptors (Lipinski definition) is 3. The molecule has 0 spiro atoms. The molecule has 1 atom stereocenters. The van der Waals surface area contributed by atoms with E-state index in [-0.39, 0.29) is 11.6 Å². The van der Waals surface area contributed by atoms with Crippen molar-refractivity contribution >= 4 is 0 Å². The highest BCUT2D eigenvalue weighted by Gasteiger charge is 2.16. The van der Waals surface area contributed by atoms with Gasteiger partial charge in [-0.2, -0.15) is 0 Å². The van der Waals surface area contributed by atoms with Gasteiger partial charge in [-0.25, -0.2) is 8.78 Å². The van der Waals surface area contributed by atoms with Gasteiger partial charge in [0, 0.05) is 31.2 Å². The molecule has 0 aliphatic rings. The van der Waals surface area contributed by atoms with Crippen LogP contribution in [0.25, 0.3) is 0 Å². The van der Waals surface area contributed by atoms with Crippen LogP contribution in [-0.2, 0) is 0 Å². The molecule has 2 N–H and O–H groups in total. The molecular formula is C14H23F2N3. The highest BCUT2D eigenvalue weighted by Crippen LogP contribution is 2.23. The average Bonchev–Trinajstić information content (AvgIpc) is 2.37. The summed E-state index contributed by atoms with van der Waals surface area (Å²) in [7, 11) is 6.04. The van der Waals surface area contributed by atoms with Crippen LogP contribution in [0, 0.1) is 0 Å². The van der Waals surface area contributed by atoms with E-state index in [9.17, 15) is 8.78 Å². The third kappa shape index (κ3) is 4.86. The number of nitrogens with zero attached hydrogens (tertiary/aromatic N) is 2. The van der Waals surface area contributed by atoms with Crippen molar-refractivity contribution in [1.82, 2.24) is 9.80 Å². The predicted octanol–water partition coefficient (Wildman–Crippen LogP) is 2.12. The summed E-state index contributed by atoms with van der Waals surface area (Å²) in [6, 6.07) is 6.49. The summed E-state index contributed by atoms with van der Waals surface area (Å²) in [6.07, 6.45) is -2.42. The first-order chi connectivity index (χ1) is 8.95. The van der Waals surface area contributed by atoms with Crippen LogP contribution in [-0.4, -0.2) is 50.6 Å². The van der Waals surface area contributed by atoms with Gasteiger partial charge in [0.2, 0.25) is 0 Å². The van der Waals surface area contributed by atoms with Crippen LogP contribution in [0.5, 0.6) is 0 Å². The molecule has 3 nitrogen and oxygen atoms in total. The third-order valence-electron chi connectivity index (χ3n) is 3.23. The fourth-order valence-electron chi connectivity index (χ4n) is 1.95. The number of alkyl halides is 2. The Morgan fingerprint density at radius 1 is 1.00 bits per heavy atom. The number of rotatable bonds is 7. The molecule has 19 heavy (non-hydrogen) atoms. The van der Waals surface area contributed by atoms with E-state index in [0.717, 1.165) is 18.7 Å². The third-order valence-corrected chi connectivity index (χ3v) is 3.23. The Labute approximate surface area is 114 Å². The number of hydrogen-bond donors (Lipinski definition) is 1. The zero-order chi connectivity index (χ0) is 14.4. The Balaban J connectivity index is 2.73. The monoisotopic (exact) mass is 271 g/mol. The molecular weight excluding hydrogens is 248 g/mol. The lowest BCUT2D eigenvalue weighted by Crippen LogP contribution is -2.35. The fraction of sp³-hybridized carbons (Fsp3) is 0.571. The SMILES string of the molecule is CN(C)CCN(C)C(CN)c1ccc(C(F)F)cc1. The molecule has 0 bridgehead atoms. The number of likely N-dealkylation sites (N-methyl/N-ethyl adjacent to an activating group) is 2. The van der Waals surface area contributed by atoms with Crippen molar-refractivity contribution in [2.24, 2.45) is 5.73 Å². The Bertz CT molecular complexity index is 365. The van der Waals surface area contributed by atoms with Gasteiger partial charge in [-0.15, -0.1) is 0 Å². The van der Waals surface area contributed by atoms with Crippen molar-refractivity contribution in [3.05, 3.63) is 35.4 Å². The minimum Gasteiger partial charge on any atom is -0.329 e. The summed E-state index contributed by atoms with van der Waals surface area (Å²) in [4.78, 5) is 4.25. The van der Waals surface area contributed by atoms with Crippen LogP contribution in [0.2, 0.25) is 0 Å². The molecule has 1 aromatic carbocycles. The van der Waals surface area contributed by atoms with Gasteiger partial charge in [0.05, 0.1) is 0 Å². The number of halogens is 2. The van der Waals surface area contributed by atoms with E-state index in [1.165, 1.54) is 12.1 Å². The maximum Gasteiger partial charge on any atom is 0.263 e. The quantitative estimate of drug-likeness (QED) is 0.824. The zero-order valence-corrected chi connectivity index (χ0v) is 11.8. The molecule has 0 heterocycles. The maximum atomic E-state index is 12.5. The second kappa shape index (κ2) is 7.53. The van der Waals surface area contributed by atoms with Crippen molar-refractivity contribution in [3.8, 4) is 0 Å². The first kappa shape index (κ1) is 16.0. The van der Waals surface area contributed by atoms with Gasteiger partial charge in [0.1, 0.15) is 0 Å². The summed E-state index contributed by atoms with van der Waals surface area (Å²) in [6.45, 7) is 2.28. The first-order valence-electron chi connectivity index (χ1n) is 6.38. The van der Waals surface area contributed by atoms with E-state index < -0.39 is 6.43 Å². The molecule has 0 radical (unpaired) electrons. The molecule has 5 heteroatoms. The van der Waals surface area contributed by atoms with Crippen molar-refractivity contribution in [2.75, 3.05) is 40.8 Å². The van der Waals surface area contributed by atoms with E-state index >= 15 is 0 Å². The molecule has 0 aliphatic heterocycles. The second-order valence-electron chi connectivity index (χ2n) is 5.00. The molecule has 1 unspecified atom stereocenters. The van der Waals surface area contributed by atoms with Crippen LogP contribution in [0.3, 0.4) is 0 Å². The minimum atomic E-state index is -2.42. The van der Waals surface area contributed by atoms with Crippen molar-refractivity contribution < 1.29 is 8.78 Å². The highest BCUT2D eigenvalue weighted by molar-refractivity contribution is 5.26. The summed E-state index contributed by atoms with van der Waals surface area (Å²) in [5, 5.41) is 0. The number of benzene rings is 1. The molecule has 0 saturated heterocycles. The maximum absolute atomic E-state index is 12.5. The topological polar surface area (TPSA) is 32.5 Å². The first-order valence-corrected chi connectivity index (χ1v) is 6.38. The normalized spacial score (nSPS) is 13.5. The molecule has 0 saturated carbocycles. The molecule has 0 amide bonds. The second-order valence-corrected chi connectivity index (χ2v) is 5.00. The lowest BCUT2D eigenvalue weighted by molar-refractivity contribution is 0.151. The van der Waals surface area contributed by atoms with E-state index in [4.69, 9.17) is 5.73 Å². The van der Waals surface area contributed by atoms with E-state index in [1.54, 1.807) is 12.1 Å². The summed E-state index contributed by atoms with van der Waals surface area (Å²) in [5.41, 5.74) is 6.84. The van der Waals surface area contributed by atoms with Gasteiger partial charge in [-0.05, 0) is 26.7 Å². The molecule has 108 valence electrons. The highest BCUT2D eigenvalue weighted by atomic mass is 19.3. The predicted molar refractivity (Wildman–Crippen MR) is 74.4 cm³/mol. The molecule has 0 fully saturated rings. The number of nitrogens with two attached hydrogens (primary N) is 1. The lowest BCUT2D eigenvalue weighted by atomic mass is 10.0. The lowest BCUT2D eigenvalue weighted by Gasteiger charge is -2.28. The van der Waals surface area contributed by atoms with Crippen molar-refractivity contribution in [1.29, 1.82) is 0 Å². The van der Waals surface area contributed by atoms with Gasteiger partial charge in [0.15, 0.2) is 0 Å². The van der Waals surface area contributed by atoms with Gasteiger partial charge >= 0.3 is 0 Å². The molecule has 0 aromatic heterocycles. The smallest absolute Gasteiger partial charge is 0.263 e. The minimum absolute atomic E-state index is 0.0514. The van der Waals surface area contributed by atoms with E-state index in [1.807, 2.05) is 21.1 Å². The summed E-state index contributed by atoms with van der Waals surface area (Å²) in [5.74, 6) is 0. The van der Waals surface area contributed by atoms with Crippen LogP contribution < -0.4 is 5.73 Å². The Hall–Kier alpha value is -1.04. The average molecular weight is 271 g/mol. The van der Waals surface area contributed by atoms with Crippen LogP contribution >= 0.6 is 0 Å². The Morgan fingerprint density at radius 2 is 1.53 bits per heavy atom. The summed E-state index contributed by atoms with van der Waals surface area (Å²) < 4.78 is 25.0. The van der Waals surface area contributed by atoms with Crippen molar-refractivity contribution in [3.63, 3.8) is 0 Å². The zero-order valence-electron chi connectivity index (χ0n) is 11.8. The van der Waals surface area contributed by atoms with Gasteiger partial charge < -0.3 is 10.6 Å². The molecule has 1 aromatic rings. The van der Waals surface area contributed by atoms with Gasteiger partial charge in [-0.3, -0.25) is 4.90 Å².